The Kier molecular flexibility index (Phi) is 23.6. The van der Waals surface area contributed by atoms with Crippen LogP contribution in [0.5, 0.6) is 0 Å². The molecule has 0 saturated carbocycles. The van der Waals surface area contributed by atoms with Crippen LogP contribution >= 0.6 is 0 Å². The average molecular weight is 687 g/mol. The van der Waals surface area contributed by atoms with E-state index >= 15 is 0 Å². The van der Waals surface area contributed by atoms with Crippen LogP contribution in [0.1, 0.15) is 128 Å². The Balaban J connectivity index is 3.56. The molecular formula is C30H44F6N4O7. The Bertz CT molecular complexity index is 988. The predicted octanol–water partition coefficient (Wildman–Crippen LogP) is 7.41. The van der Waals surface area contributed by atoms with E-state index in [0.717, 1.165) is 77.0 Å². The summed E-state index contributed by atoms with van der Waals surface area (Å²) < 4.78 is 88.1. The topological polar surface area (TPSA) is 169 Å². The summed E-state index contributed by atoms with van der Waals surface area (Å²) in [6, 6.07) is 0. The number of hydrogen-bond donors (Lipinski definition) is 0. The maximum absolute atomic E-state index is 12.4. The summed E-state index contributed by atoms with van der Waals surface area (Å²) in [7, 11) is 0. The highest BCUT2D eigenvalue weighted by Crippen LogP contribution is 2.18. The number of halogens is 6. The first kappa shape index (κ1) is 43.4. The number of rotatable bonds is 26. The van der Waals surface area contributed by atoms with Crippen molar-refractivity contribution in [3.05, 3.63) is 11.1 Å². The van der Waals surface area contributed by atoms with Gasteiger partial charge in [0.2, 0.25) is 0 Å². The normalized spacial score (nSPS) is 11.3. The van der Waals surface area contributed by atoms with E-state index in [1.807, 2.05) is 9.58 Å². The van der Waals surface area contributed by atoms with Crippen LogP contribution in [0.2, 0.25) is 0 Å². The Hall–Kier alpha value is -3.58. The van der Waals surface area contributed by atoms with Gasteiger partial charge < -0.3 is 25.3 Å². The summed E-state index contributed by atoms with van der Waals surface area (Å²) >= 11 is 0. The third-order valence-corrected chi connectivity index (χ3v) is 6.87. The van der Waals surface area contributed by atoms with Crippen molar-refractivity contribution in [3.8, 4) is 0 Å². The fourth-order valence-corrected chi connectivity index (χ4v) is 4.34. The molecule has 17 heteroatoms. The molecule has 0 unspecified atom stereocenters. The lowest BCUT2D eigenvalue weighted by molar-refractivity contribution is -0.160. The van der Waals surface area contributed by atoms with Gasteiger partial charge in [0.1, 0.15) is 0 Å². The lowest BCUT2D eigenvalue weighted by Gasteiger charge is -2.05. The van der Waals surface area contributed by atoms with Crippen LogP contribution in [-0.2, 0) is 33.4 Å². The zero-order valence-corrected chi connectivity index (χ0v) is 26.5. The van der Waals surface area contributed by atoms with Crippen molar-refractivity contribution in [1.29, 1.82) is 0 Å². The minimum atomic E-state index is -5.08. The Morgan fingerprint density at radius 3 is 0.957 bits per heavy atom. The van der Waals surface area contributed by atoms with E-state index < -0.39 is 47.7 Å². The maximum atomic E-state index is 12.4. The fraction of sp³-hybridized carbons (Fsp3) is 0.800. The molecule has 0 radical (unpaired) electrons. The molecule has 0 N–H and O–H groups in total. The molecule has 0 aromatic heterocycles. The van der Waals surface area contributed by atoms with Crippen LogP contribution in [0.15, 0.2) is 0 Å². The molecule has 0 aliphatic carbocycles. The van der Waals surface area contributed by atoms with Crippen LogP contribution in [-0.4, -0.2) is 70.4 Å². The minimum absolute atomic E-state index is 0.162. The van der Waals surface area contributed by atoms with Crippen LogP contribution in [0, 0.1) is 0 Å². The summed E-state index contributed by atoms with van der Waals surface area (Å²) in [5.41, 5.74) is 12.6. The third-order valence-electron chi connectivity index (χ3n) is 6.87. The van der Waals surface area contributed by atoms with Crippen molar-refractivity contribution in [2.75, 3.05) is 13.2 Å². The summed E-state index contributed by atoms with van der Waals surface area (Å²) in [5, 5.41) is 0. The van der Waals surface area contributed by atoms with Crippen LogP contribution in [0.25, 0.3) is 11.1 Å². The third kappa shape index (κ3) is 23.4. The van der Waals surface area contributed by atoms with E-state index in [1.165, 1.54) is 0 Å². The minimum Gasteiger partial charge on any atom is -0.457 e. The summed E-state index contributed by atoms with van der Waals surface area (Å²) in [6.07, 6.45) is 4.15. The highest BCUT2D eigenvalue weighted by atomic mass is 19.4. The first-order valence-corrected chi connectivity index (χ1v) is 15.9. The van der Waals surface area contributed by atoms with Crippen molar-refractivity contribution in [3.63, 3.8) is 0 Å². The van der Waals surface area contributed by atoms with Gasteiger partial charge in [-0.25, -0.2) is 9.59 Å². The van der Waals surface area contributed by atoms with Crippen molar-refractivity contribution in [2.45, 2.75) is 141 Å². The summed E-state index contributed by atoms with van der Waals surface area (Å²) in [5.74, 6) is -4.50. The second-order valence-corrected chi connectivity index (χ2v) is 10.9. The number of esters is 4. The van der Waals surface area contributed by atoms with E-state index in [2.05, 4.69) is 9.47 Å². The zero-order chi connectivity index (χ0) is 35.6. The molecule has 0 atom stereocenters. The first-order valence-electron chi connectivity index (χ1n) is 15.9. The van der Waals surface area contributed by atoms with Gasteiger partial charge in [-0.05, 0) is 25.7 Å². The summed E-state index contributed by atoms with van der Waals surface area (Å²) in [4.78, 5) is 50.0. The maximum Gasteiger partial charge on any atom is 0.503 e. The number of carbonyl (C=O) groups excluding carboxylic acids is 4. The van der Waals surface area contributed by atoms with E-state index in [4.69, 9.17) is 15.8 Å². The zero-order valence-electron chi connectivity index (χ0n) is 26.5. The summed E-state index contributed by atoms with van der Waals surface area (Å²) in [6.45, 7) is -0.398. The van der Waals surface area contributed by atoms with Gasteiger partial charge in [0.05, 0.1) is 13.2 Å². The van der Waals surface area contributed by atoms with Crippen molar-refractivity contribution < 1.29 is 69.3 Å². The number of unbranched alkanes of at least 4 members (excludes halogenated alkanes) is 16. The molecule has 268 valence electrons. The highest BCUT2D eigenvalue weighted by molar-refractivity contribution is 6.36. The molecule has 11 nitrogen and oxygen atoms in total. The quantitative estimate of drug-likeness (QED) is 0.0133. The van der Waals surface area contributed by atoms with Gasteiger partial charge in [0, 0.05) is 12.8 Å². The molecule has 0 aromatic carbocycles. The van der Waals surface area contributed by atoms with Crippen LogP contribution in [0.3, 0.4) is 0 Å². The molecule has 0 saturated heterocycles. The Morgan fingerprint density at radius 1 is 0.447 bits per heavy atom. The number of hydrogen-bond acceptors (Lipinski definition) is 7. The van der Waals surface area contributed by atoms with Gasteiger partial charge in [0.15, 0.2) is 0 Å². The molecule has 0 fully saturated rings. The lowest BCUT2D eigenvalue weighted by atomic mass is 10.1. The Labute approximate surface area is 269 Å². The molecule has 0 amide bonds. The number of alkyl halides is 6. The second kappa shape index (κ2) is 25.5. The first-order chi connectivity index (χ1) is 22.2. The molecule has 0 aromatic rings. The fourth-order valence-electron chi connectivity index (χ4n) is 4.34. The van der Waals surface area contributed by atoms with Gasteiger partial charge in [-0.1, -0.05) is 89.9 Å². The Morgan fingerprint density at radius 2 is 0.702 bits per heavy atom. The molecular weight excluding hydrogens is 642 g/mol. The molecule has 47 heavy (non-hydrogen) atoms. The van der Waals surface area contributed by atoms with Gasteiger partial charge >= 0.3 is 47.7 Å². The van der Waals surface area contributed by atoms with Crippen LogP contribution < -0.4 is 0 Å². The monoisotopic (exact) mass is 686 g/mol. The SMILES string of the molecule is [N-]=[N+]=C(C(=O)OCCCCCCCCCCCC(=O)OC(=O)CCCCCCCCCCCOC(=O)C(=[N+]=[N-])C(F)(F)F)C(F)(F)F. The number of ether oxygens (including phenoxy) is 3. The van der Waals surface area contributed by atoms with Gasteiger partial charge in [-0.2, -0.15) is 35.9 Å². The van der Waals surface area contributed by atoms with E-state index in [1.54, 1.807) is 0 Å². The van der Waals surface area contributed by atoms with Gasteiger partial charge in [0.25, 0.3) is 0 Å². The smallest absolute Gasteiger partial charge is 0.457 e. The molecule has 0 bridgehead atoms. The van der Waals surface area contributed by atoms with Crippen molar-refractivity contribution in [2.24, 2.45) is 0 Å². The number of nitrogens with zero attached hydrogens (tertiary/aromatic N) is 4. The van der Waals surface area contributed by atoms with Crippen molar-refractivity contribution in [1.82, 2.24) is 0 Å². The molecule has 0 heterocycles. The van der Waals surface area contributed by atoms with Gasteiger partial charge in [-0.3, -0.25) is 9.59 Å². The number of carbonyl (C=O) groups is 4. The van der Waals surface area contributed by atoms with E-state index in [-0.39, 0.29) is 26.1 Å². The highest BCUT2D eigenvalue weighted by Gasteiger charge is 2.51. The largest absolute Gasteiger partial charge is 0.503 e. The molecule has 0 rings (SSSR count). The predicted molar refractivity (Wildman–Crippen MR) is 155 cm³/mol. The molecule has 0 spiro atoms. The average Bonchev–Trinajstić information content (AvgIpc) is 2.97. The molecule has 0 aliphatic rings. The van der Waals surface area contributed by atoms with E-state index in [9.17, 15) is 45.5 Å². The van der Waals surface area contributed by atoms with E-state index in [0.29, 0.717) is 38.5 Å². The van der Waals surface area contributed by atoms with Crippen molar-refractivity contribution >= 4 is 35.3 Å². The lowest BCUT2D eigenvalue weighted by Crippen LogP contribution is -2.33. The van der Waals surface area contributed by atoms with Crippen LogP contribution in [0.4, 0.5) is 26.3 Å². The second-order valence-electron chi connectivity index (χ2n) is 10.9. The van der Waals surface area contributed by atoms with Gasteiger partial charge in [-0.15, -0.1) is 0 Å². The molecule has 0 aliphatic heterocycles. The standard InChI is InChI=1S/C30H44F6N4O7/c31-29(32,33)25(39-37)27(43)45-21-17-13-9-5-1-3-7-11-15-19-23(41)47-24(42)20-16-12-8-4-2-6-10-14-18-22-46-28(44)26(40-38)30(34,35)36/h1-22H2.